The summed E-state index contributed by atoms with van der Waals surface area (Å²) in [6.45, 7) is 11.2. The van der Waals surface area contributed by atoms with Gasteiger partial charge in [-0.15, -0.1) is 11.3 Å². The van der Waals surface area contributed by atoms with Crippen LogP contribution in [0.4, 0.5) is 17.5 Å². The van der Waals surface area contributed by atoms with Gasteiger partial charge >= 0.3 is 0 Å². The van der Waals surface area contributed by atoms with Crippen molar-refractivity contribution in [2.45, 2.75) is 48.1 Å². The average Bonchev–Trinajstić information content (AvgIpc) is 3.15. The Balaban J connectivity index is 2.06. The second-order valence-electron chi connectivity index (χ2n) is 10.6. The molecule has 0 unspecified atom stereocenters. The fourth-order valence-electron chi connectivity index (χ4n) is 3.29. The van der Waals surface area contributed by atoms with Gasteiger partial charge in [-0.2, -0.15) is 4.98 Å². The number of ether oxygens (including phenoxy) is 3. The van der Waals surface area contributed by atoms with Crippen LogP contribution in [0.15, 0.2) is 15.9 Å². The Labute approximate surface area is 235 Å². The maximum atomic E-state index is 12.9. The molecule has 0 radical (unpaired) electrons. The SMILES string of the molecule is COc1cc(NCc2c(Br)sc3nc(NC(=O)C(C)(C)C)nc(NC(=O)C(C)(C)C)c23)cc(OC)c1OC. The molecule has 0 fully saturated rings. The number of carbonyl (C=O) groups excluding carboxylic acids is 2. The molecule has 12 heteroatoms. The molecule has 2 aromatic heterocycles. The molecule has 1 aromatic carbocycles. The molecule has 0 spiro atoms. The van der Waals surface area contributed by atoms with Crippen LogP contribution in [0.5, 0.6) is 17.2 Å². The maximum Gasteiger partial charge on any atom is 0.232 e. The van der Waals surface area contributed by atoms with Gasteiger partial charge in [0.15, 0.2) is 11.5 Å². The summed E-state index contributed by atoms with van der Waals surface area (Å²) in [4.78, 5) is 35.3. The quantitative estimate of drug-likeness (QED) is 0.282. The summed E-state index contributed by atoms with van der Waals surface area (Å²) in [6, 6.07) is 3.62. The molecule has 3 N–H and O–H groups in total. The predicted octanol–water partition coefficient (Wildman–Crippen LogP) is 6.06. The standard InChI is InChI=1S/C26H34BrN5O5S/c1-25(2,3)22(33)29-20-17-14(12-28-13-10-15(35-7)18(37-9)16(11-13)36-8)19(27)38-21(17)31-24(30-20)32-23(34)26(4,5)6/h10-11,28H,12H2,1-9H3,(H2,29,30,31,32,33,34). The van der Waals surface area contributed by atoms with Gasteiger partial charge in [0.25, 0.3) is 0 Å². The third kappa shape index (κ3) is 6.47. The van der Waals surface area contributed by atoms with Gasteiger partial charge in [0.05, 0.1) is 30.5 Å². The minimum absolute atomic E-state index is 0.125. The van der Waals surface area contributed by atoms with Crippen LogP contribution in [0.2, 0.25) is 0 Å². The van der Waals surface area contributed by atoms with Crippen molar-refractivity contribution in [3.05, 3.63) is 21.5 Å². The van der Waals surface area contributed by atoms with Gasteiger partial charge in [-0.3, -0.25) is 14.9 Å². The Bertz CT molecular complexity index is 1340. The Morgan fingerprint density at radius 1 is 0.895 bits per heavy atom. The average molecular weight is 609 g/mol. The highest BCUT2D eigenvalue weighted by Gasteiger charge is 2.27. The number of carbonyl (C=O) groups is 2. The number of benzene rings is 1. The van der Waals surface area contributed by atoms with Crippen molar-refractivity contribution in [2.75, 3.05) is 37.3 Å². The lowest BCUT2D eigenvalue weighted by Crippen LogP contribution is -2.30. The normalized spacial score (nSPS) is 11.7. The fraction of sp³-hybridized carbons (Fsp3) is 0.462. The molecule has 3 aromatic rings. The minimum Gasteiger partial charge on any atom is -0.493 e. The number of nitrogens with zero attached hydrogens (tertiary/aromatic N) is 2. The second kappa shape index (κ2) is 11.3. The van der Waals surface area contributed by atoms with Crippen LogP contribution in [0.3, 0.4) is 0 Å². The molecule has 2 amide bonds. The summed E-state index contributed by atoms with van der Waals surface area (Å²) in [7, 11) is 4.66. The summed E-state index contributed by atoms with van der Waals surface area (Å²) in [5, 5.41) is 9.77. The molecular formula is C26H34BrN5O5S. The smallest absolute Gasteiger partial charge is 0.232 e. The first kappa shape index (κ1) is 29.4. The Morgan fingerprint density at radius 2 is 1.45 bits per heavy atom. The lowest BCUT2D eigenvalue weighted by Gasteiger charge is -2.20. The highest BCUT2D eigenvalue weighted by Crippen LogP contribution is 2.42. The number of hydrogen-bond acceptors (Lipinski definition) is 9. The molecular weight excluding hydrogens is 574 g/mol. The number of halogens is 1. The number of nitrogens with one attached hydrogen (secondary N) is 3. The summed E-state index contributed by atoms with van der Waals surface area (Å²) in [5.41, 5.74) is 0.282. The van der Waals surface area contributed by atoms with E-state index in [0.717, 1.165) is 15.0 Å². The van der Waals surface area contributed by atoms with Crippen molar-refractivity contribution < 1.29 is 23.8 Å². The van der Waals surface area contributed by atoms with Gasteiger partial charge in [-0.1, -0.05) is 41.5 Å². The van der Waals surface area contributed by atoms with E-state index < -0.39 is 10.8 Å². The molecule has 0 bridgehead atoms. The lowest BCUT2D eigenvalue weighted by molar-refractivity contribution is -0.123. The molecule has 0 saturated heterocycles. The number of anilines is 3. The van der Waals surface area contributed by atoms with E-state index in [4.69, 9.17) is 14.2 Å². The second-order valence-corrected chi connectivity index (χ2v) is 12.9. The van der Waals surface area contributed by atoms with Crippen molar-refractivity contribution in [2.24, 2.45) is 10.8 Å². The van der Waals surface area contributed by atoms with E-state index in [9.17, 15) is 9.59 Å². The van der Waals surface area contributed by atoms with Crippen LogP contribution < -0.4 is 30.2 Å². The van der Waals surface area contributed by atoms with Crippen LogP contribution in [-0.4, -0.2) is 43.1 Å². The van der Waals surface area contributed by atoms with Crippen LogP contribution in [-0.2, 0) is 16.1 Å². The molecule has 0 saturated carbocycles. The maximum absolute atomic E-state index is 12.9. The number of thiophene rings is 1. The largest absolute Gasteiger partial charge is 0.493 e. The first-order chi connectivity index (χ1) is 17.7. The fourth-order valence-corrected chi connectivity index (χ4v) is 5.01. The summed E-state index contributed by atoms with van der Waals surface area (Å²) in [6.07, 6.45) is 0. The summed E-state index contributed by atoms with van der Waals surface area (Å²) < 4.78 is 17.1. The van der Waals surface area contributed by atoms with Crippen molar-refractivity contribution in [1.82, 2.24) is 9.97 Å². The molecule has 10 nitrogen and oxygen atoms in total. The summed E-state index contributed by atoms with van der Waals surface area (Å²) >= 11 is 5.04. The number of methoxy groups -OCH3 is 3. The zero-order chi connectivity index (χ0) is 28.4. The van der Waals surface area contributed by atoms with Gasteiger partial charge in [0, 0.05) is 40.8 Å². The first-order valence-electron chi connectivity index (χ1n) is 11.8. The zero-order valence-electron chi connectivity index (χ0n) is 23.1. The number of aromatic nitrogens is 2. The van der Waals surface area contributed by atoms with Crippen LogP contribution in [0.1, 0.15) is 47.1 Å². The van der Waals surface area contributed by atoms with E-state index in [0.29, 0.717) is 39.8 Å². The molecule has 2 heterocycles. The van der Waals surface area contributed by atoms with Crippen molar-refractivity contribution in [3.8, 4) is 17.2 Å². The topological polar surface area (TPSA) is 124 Å². The molecule has 3 rings (SSSR count). The zero-order valence-corrected chi connectivity index (χ0v) is 25.5. The number of rotatable bonds is 8. The van der Waals surface area contributed by atoms with E-state index >= 15 is 0 Å². The van der Waals surface area contributed by atoms with E-state index in [1.165, 1.54) is 11.3 Å². The van der Waals surface area contributed by atoms with Crippen LogP contribution in [0, 0.1) is 10.8 Å². The van der Waals surface area contributed by atoms with Crippen LogP contribution in [0.25, 0.3) is 10.2 Å². The Kier molecular flexibility index (Phi) is 8.77. The van der Waals surface area contributed by atoms with Crippen LogP contribution >= 0.6 is 27.3 Å². The molecule has 0 aliphatic heterocycles. The molecule has 0 aliphatic rings. The Hall–Kier alpha value is -3.12. The number of amides is 2. The number of fused-ring (bicyclic) bond motifs is 1. The Morgan fingerprint density at radius 3 is 1.95 bits per heavy atom. The minimum atomic E-state index is -0.659. The molecule has 206 valence electrons. The van der Waals surface area contributed by atoms with Gasteiger partial charge in [-0.05, 0) is 15.9 Å². The third-order valence-corrected chi connectivity index (χ3v) is 7.43. The van der Waals surface area contributed by atoms with Crippen molar-refractivity contribution in [1.29, 1.82) is 0 Å². The van der Waals surface area contributed by atoms with E-state index in [1.54, 1.807) is 42.1 Å². The van der Waals surface area contributed by atoms with Gasteiger partial charge in [0.1, 0.15) is 10.6 Å². The monoisotopic (exact) mass is 607 g/mol. The van der Waals surface area contributed by atoms with Gasteiger partial charge in [0.2, 0.25) is 23.5 Å². The molecule has 38 heavy (non-hydrogen) atoms. The lowest BCUT2D eigenvalue weighted by atomic mass is 9.95. The highest BCUT2D eigenvalue weighted by atomic mass is 79.9. The van der Waals surface area contributed by atoms with E-state index in [-0.39, 0.29) is 17.8 Å². The highest BCUT2D eigenvalue weighted by molar-refractivity contribution is 9.11. The van der Waals surface area contributed by atoms with E-state index in [2.05, 4.69) is 41.8 Å². The molecule has 0 atom stereocenters. The predicted molar refractivity (Wildman–Crippen MR) is 155 cm³/mol. The molecule has 0 aliphatic carbocycles. The number of hydrogen-bond donors (Lipinski definition) is 3. The summed E-state index contributed by atoms with van der Waals surface area (Å²) in [5.74, 6) is 1.53. The first-order valence-corrected chi connectivity index (χ1v) is 13.5. The van der Waals surface area contributed by atoms with Crippen molar-refractivity contribution >= 4 is 66.8 Å². The third-order valence-electron chi connectivity index (χ3n) is 5.55. The van der Waals surface area contributed by atoms with E-state index in [1.807, 2.05) is 32.9 Å². The van der Waals surface area contributed by atoms with Gasteiger partial charge < -0.3 is 24.8 Å². The van der Waals surface area contributed by atoms with Gasteiger partial charge in [-0.25, -0.2) is 4.98 Å². The van der Waals surface area contributed by atoms with Crippen molar-refractivity contribution in [3.63, 3.8) is 0 Å².